The first-order valence-electron chi connectivity index (χ1n) is 10.7. The van der Waals surface area contributed by atoms with Gasteiger partial charge in [-0.15, -0.1) is 0 Å². The lowest BCUT2D eigenvalue weighted by Gasteiger charge is -2.46. The summed E-state index contributed by atoms with van der Waals surface area (Å²) in [6.45, 7) is 1.87. The first-order valence-corrected chi connectivity index (χ1v) is 10.7. The predicted molar refractivity (Wildman–Crippen MR) is 114 cm³/mol. The number of nitrogens with zero attached hydrogens (tertiary/aromatic N) is 5. The number of aromatic nitrogens is 5. The van der Waals surface area contributed by atoms with E-state index in [-0.39, 0.29) is 0 Å². The van der Waals surface area contributed by atoms with Crippen LogP contribution in [0.5, 0.6) is 0 Å². The molecule has 1 saturated carbocycles. The first-order chi connectivity index (χ1) is 14.7. The highest BCUT2D eigenvalue weighted by Crippen LogP contribution is 2.43. The third-order valence-electron chi connectivity index (χ3n) is 6.72. The van der Waals surface area contributed by atoms with Crippen LogP contribution in [0.3, 0.4) is 0 Å². The minimum absolute atomic E-state index is 0.429. The Balaban J connectivity index is 1.26. The summed E-state index contributed by atoms with van der Waals surface area (Å²) in [4.78, 5) is 14.4. The fourth-order valence-corrected chi connectivity index (χ4v) is 4.92. The van der Waals surface area contributed by atoms with Gasteiger partial charge in [0.2, 0.25) is 5.95 Å². The van der Waals surface area contributed by atoms with E-state index in [1.165, 1.54) is 12.8 Å². The summed E-state index contributed by atoms with van der Waals surface area (Å²) in [6.07, 6.45) is 11.4. The molecule has 3 aromatic heterocycles. The van der Waals surface area contributed by atoms with Crippen LogP contribution in [0.25, 0.3) is 11.2 Å². The lowest BCUT2D eigenvalue weighted by molar-refractivity contribution is -0.131. The van der Waals surface area contributed by atoms with Crippen molar-refractivity contribution in [1.82, 2.24) is 24.6 Å². The highest BCUT2D eigenvalue weighted by molar-refractivity contribution is 5.88. The lowest BCUT2D eigenvalue weighted by atomic mass is 9.71. The van der Waals surface area contributed by atoms with Crippen LogP contribution in [0.2, 0.25) is 0 Å². The normalized spacial score (nSPS) is 20.1. The standard InChI is InChI=1S/C22H25N7O/c1-23-20-19-15(16-7-11-29-18(26-16)6-10-24-29)2-3-17(19)27-21(28-20)25-14-4-8-22(9-5-14)12-30-13-22/h2,6-7,10-11,14H,3-5,8-9,12-13H2,1H3,(H2,23,25,27,28). The van der Waals surface area contributed by atoms with E-state index in [4.69, 9.17) is 19.7 Å². The second-order valence-electron chi connectivity index (χ2n) is 8.65. The fraction of sp³-hybridized carbons (Fsp3) is 0.455. The Morgan fingerprint density at radius 2 is 2.00 bits per heavy atom. The zero-order chi connectivity index (χ0) is 20.1. The van der Waals surface area contributed by atoms with Gasteiger partial charge in [0, 0.05) is 48.3 Å². The third-order valence-corrected chi connectivity index (χ3v) is 6.72. The van der Waals surface area contributed by atoms with E-state index in [9.17, 15) is 0 Å². The molecular formula is C22H25N7O. The summed E-state index contributed by atoms with van der Waals surface area (Å²) >= 11 is 0. The highest BCUT2D eigenvalue weighted by Gasteiger charge is 2.41. The summed E-state index contributed by atoms with van der Waals surface area (Å²) in [6, 6.07) is 4.33. The van der Waals surface area contributed by atoms with Gasteiger partial charge in [0.25, 0.3) is 0 Å². The molecule has 0 amide bonds. The van der Waals surface area contributed by atoms with E-state index in [0.717, 1.165) is 72.4 Å². The highest BCUT2D eigenvalue weighted by atomic mass is 16.5. The Morgan fingerprint density at radius 1 is 1.13 bits per heavy atom. The monoisotopic (exact) mass is 403 g/mol. The van der Waals surface area contributed by atoms with Gasteiger partial charge in [-0.3, -0.25) is 0 Å². The van der Waals surface area contributed by atoms with Crippen LogP contribution < -0.4 is 10.6 Å². The molecule has 30 heavy (non-hydrogen) atoms. The Morgan fingerprint density at radius 3 is 2.77 bits per heavy atom. The molecule has 0 atom stereocenters. The fourth-order valence-electron chi connectivity index (χ4n) is 4.92. The van der Waals surface area contributed by atoms with Crippen molar-refractivity contribution in [2.75, 3.05) is 30.9 Å². The maximum atomic E-state index is 5.45. The molecule has 154 valence electrons. The van der Waals surface area contributed by atoms with Gasteiger partial charge < -0.3 is 15.4 Å². The molecule has 1 saturated heterocycles. The van der Waals surface area contributed by atoms with E-state index in [2.05, 4.69) is 21.8 Å². The van der Waals surface area contributed by atoms with Crippen LogP contribution in [0.15, 0.2) is 30.6 Å². The van der Waals surface area contributed by atoms with Gasteiger partial charge in [-0.1, -0.05) is 6.08 Å². The maximum Gasteiger partial charge on any atom is 0.225 e. The van der Waals surface area contributed by atoms with Gasteiger partial charge in [0.15, 0.2) is 5.65 Å². The largest absolute Gasteiger partial charge is 0.380 e. The van der Waals surface area contributed by atoms with Crippen molar-refractivity contribution in [2.45, 2.75) is 38.1 Å². The zero-order valence-electron chi connectivity index (χ0n) is 17.1. The SMILES string of the molecule is CNc1nc(NC2CCC3(CC2)COC3)nc2c1C(c1ccn3nccc3n1)=CC2. The minimum Gasteiger partial charge on any atom is -0.380 e. The van der Waals surface area contributed by atoms with Crippen LogP contribution in [-0.4, -0.2) is 50.9 Å². The number of allylic oxidation sites excluding steroid dienone is 1. The molecule has 0 radical (unpaired) electrons. The molecule has 6 rings (SSSR count). The van der Waals surface area contributed by atoms with Crippen molar-refractivity contribution in [1.29, 1.82) is 0 Å². The van der Waals surface area contributed by atoms with Gasteiger partial charge >= 0.3 is 0 Å². The summed E-state index contributed by atoms with van der Waals surface area (Å²) < 4.78 is 7.22. The summed E-state index contributed by atoms with van der Waals surface area (Å²) in [5, 5.41) is 11.1. The van der Waals surface area contributed by atoms with Crippen molar-refractivity contribution >= 4 is 23.0 Å². The van der Waals surface area contributed by atoms with E-state index in [1.54, 1.807) is 10.7 Å². The lowest BCUT2D eigenvalue weighted by Crippen LogP contribution is -2.47. The number of hydrogen-bond donors (Lipinski definition) is 2. The zero-order valence-corrected chi connectivity index (χ0v) is 17.1. The molecule has 3 aromatic rings. The molecule has 0 aromatic carbocycles. The van der Waals surface area contributed by atoms with Crippen LogP contribution in [0, 0.1) is 5.41 Å². The molecule has 4 heterocycles. The summed E-state index contributed by atoms with van der Waals surface area (Å²) in [5.41, 5.74) is 5.38. The van der Waals surface area contributed by atoms with Crippen LogP contribution in [-0.2, 0) is 11.2 Å². The predicted octanol–water partition coefficient (Wildman–Crippen LogP) is 2.92. The molecule has 2 fully saturated rings. The van der Waals surface area contributed by atoms with Gasteiger partial charge in [-0.2, -0.15) is 10.1 Å². The molecule has 2 N–H and O–H groups in total. The Kier molecular flexibility index (Phi) is 4.02. The second-order valence-corrected chi connectivity index (χ2v) is 8.65. The number of rotatable bonds is 4. The average molecular weight is 403 g/mol. The Labute approximate surface area is 174 Å². The molecule has 1 spiro atoms. The van der Waals surface area contributed by atoms with E-state index in [1.807, 2.05) is 25.4 Å². The minimum atomic E-state index is 0.429. The van der Waals surface area contributed by atoms with Crippen LogP contribution >= 0.6 is 0 Å². The molecular weight excluding hydrogens is 378 g/mol. The van der Waals surface area contributed by atoms with E-state index < -0.39 is 0 Å². The molecule has 0 unspecified atom stereocenters. The average Bonchev–Trinajstić information content (AvgIpc) is 3.39. The Bertz CT molecular complexity index is 1140. The molecule has 8 nitrogen and oxygen atoms in total. The van der Waals surface area contributed by atoms with Crippen molar-refractivity contribution in [3.63, 3.8) is 0 Å². The van der Waals surface area contributed by atoms with Gasteiger partial charge in [0.1, 0.15) is 5.82 Å². The topological polar surface area (TPSA) is 89.3 Å². The van der Waals surface area contributed by atoms with Crippen molar-refractivity contribution in [2.24, 2.45) is 5.41 Å². The summed E-state index contributed by atoms with van der Waals surface area (Å²) in [5.74, 6) is 1.57. The van der Waals surface area contributed by atoms with Crippen molar-refractivity contribution in [3.05, 3.63) is 47.6 Å². The molecule has 1 aliphatic heterocycles. The summed E-state index contributed by atoms with van der Waals surface area (Å²) in [7, 11) is 1.91. The molecule has 8 heteroatoms. The van der Waals surface area contributed by atoms with Crippen LogP contribution in [0.1, 0.15) is 42.6 Å². The van der Waals surface area contributed by atoms with Crippen molar-refractivity contribution < 1.29 is 4.74 Å². The number of nitrogens with one attached hydrogen (secondary N) is 2. The van der Waals surface area contributed by atoms with Crippen molar-refractivity contribution in [3.8, 4) is 0 Å². The van der Waals surface area contributed by atoms with Crippen LogP contribution in [0.4, 0.5) is 11.8 Å². The van der Waals surface area contributed by atoms with Gasteiger partial charge in [0.05, 0.1) is 30.8 Å². The van der Waals surface area contributed by atoms with Gasteiger partial charge in [-0.25, -0.2) is 14.5 Å². The number of fused-ring (bicyclic) bond motifs is 2. The van der Waals surface area contributed by atoms with E-state index in [0.29, 0.717) is 11.5 Å². The Hall–Kier alpha value is -3.00. The first kappa shape index (κ1) is 17.8. The van der Waals surface area contributed by atoms with Gasteiger partial charge in [-0.05, 0) is 31.7 Å². The van der Waals surface area contributed by atoms with E-state index >= 15 is 0 Å². The number of hydrogen-bond acceptors (Lipinski definition) is 7. The molecule has 2 aliphatic carbocycles. The quantitative estimate of drug-likeness (QED) is 0.692. The smallest absolute Gasteiger partial charge is 0.225 e. The third kappa shape index (κ3) is 2.86. The maximum absolute atomic E-state index is 5.45. The second kappa shape index (κ2) is 6.77. The molecule has 0 bridgehead atoms. The number of ether oxygens (including phenoxy) is 1. The number of anilines is 2. The molecule has 3 aliphatic rings.